The van der Waals surface area contributed by atoms with Crippen LogP contribution in [0, 0.1) is 28.6 Å². The van der Waals surface area contributed by atoms with E-state index < -0.39 is 23.4 Å². The number of carbonyl (C=O) groups is 2. The largest absolute Gasteiger partial charge is 0.388 e. The van der Waals surface area contributed by atoms with Gasteiger partial charge >= 0.3 is 0 Å². The van der Waals surface area contributed by atoms with Crippen molar-refractivity contribution in [2.45, 2.75) is 63.8 Å². The van der Waals surface area contributed by atoms with Gasteiger partial charge in [-0.25, -0.2) is 0 Å². The molecule has 0 bridgehead atoms. The molecule has 2 N–H and O–H groups in total. The molecule has 0 aromatic heterocycles. The third kappa shape index (κ3) is 1.73. The second kappa shape index (κ2) is 5.00. The Kier molecular flexibility index (Phi) is 3.29. The molecule has 8 atom stereocenters. The SMILES string of the molecule is C[C@@H]1C[C@H]2[C@@H]3CCC4=CC(=O)C=C[C@]4(C)[C@@]34OC4C[C@]2(C)[C@@]1(O)C(=O)CO. The summed E-state index contributed by atoms with van der Waals surface area (Å²) in [5.74, 6) is -0.193. The summed E-state index contributed by atoms with van der Waals surface area (Å²) in [5.41, 5.74) is -1.55. The molecular formula is C22H28O5. The number of aliphatic hydroxyl groups is 2. The average molecular weight is 372 g/mol. The third-order valence-electron chi connectivity index (χ3n) is 9.08. The molecule has 0 amide bonds. The number of aliphatic hydroxyl groups excluding tert-OH is 1. The van der Waals surface area contributed by atoms with Gasteiger partial charge in [0.25, 0.3) is 0 Å². The van der Waals surface area contributed by atoms with Gasteiger partial charge in [-0.05, 0) is 62.5 Å². The van der Waals surface area contributed by atoms with Gasteiger partial charge in [0.15, 0.2) is 11.6 Å². The van der Waals surface area contributed by atoms with E-state index in [4.69, 9.17) is 4.74 Å². The molecule has 0 aromatic carbocycles. The number of carbonyl (C=O) groups excluding carboxylic acids is 2. The van der Waals surface area contributed by atoms with Gasteiger partial charge in [0.1, 0.15) is 17.8 Å². The number of rotatable bonds is 2. The lowest BCUT2D eigenvalue weighted by atomic mass is 9.46. The van der Waals surface area contributed by atoms with E-state index >= 15 is 0 Å². The molecule has 1 aliphatic heterocycles. The van der Waals surface area contributed by atoms with Crippen molar-refractivity contribution in [2.24, 2.45) is 28.6 Å². The first-order chi connectivity index (χ1) is 12.6. The van der Waals surface area contributed by atoms with Crippen LogP contribution in [-0.4, -0.2) is 45.7 Å². The molecule has 4 fully saturated rings. The Labute approximate surface area is 159 Å². The monoisotopic (exact) mass is 372 g/mol. The molecular weight excluding hydrogens is 344 g/mol. The number of fused-ring (bicyclic) bond motifs is 3. The first kappa shape index (κ1) is 17.8. The van der Waals surface area contributed by atoms with Crippen molar-refractivity contribution in [2.75, 3.05) is 6.61 Å². The zero-order valence-corrected chi connectivity index (χ0v) is 16.2. The Bertz CT molecular complexity index is 814. The van der Waals surface area contributed by atoms with Crippen molar-refractivity contribution >= 4 is 11.6 Å². The number of allylic oxidation sites excluding steroid dienone is 2. The van der Waals surface area contributed by atoms with Crippen molar-refractivity contribution in [3.8, 4) is 0 Å². The highest BCUT2D eigenvalue weighted by atomic mass is 16.6. The summed E-state index contributed by atoms with van der Waals surface area (Å²) in [5, 5.41) is 21.0. The third-order valence-corrected chi connectivity index (χ3v) is 9.08. The summed E-state index contributed by atoms with van der Waals surface area (Å²) in [6.07, 6.45) is 8.58. The Balaban J connectivity index is 1.60. The molecule has 146 valence electrons. The predicted octanol–water partition coefficient (Wildman–Crippen LogP) is 1.96. The highest BCUT2D eigenvalue weighted by Crippen LogP contribution is 2.76. The highest BCUT2D eigenvalue weighted by molar-refractivity contribution is 6.01. The number of ether oxygens (including phenoxy) is 1. The van der Waals surface area contributed by atoms with Crippen LogP contribution in [-0.2, 0) is 14.3 Å². The molecule has 5 nitrogen and oxygen atoms in total. The summed E-state index contributed by atoms with van der Waals surface area (Å²) in [6, 6.07) is 0. The Morgan fingerprint density at radius 1 is 1.33 bits per heavy atom. The molecule has 5 heteroatoms. The molecule has 1 spiro atoms. The summed E-state index contributed by atoms with van der Waals surface area (Å²) < 4.78 is 6.43. The first-order valence-corrected chi connectivity index (χ1v) is 10.1. The fourth-order valence-electron chi connectivity index (χ4n) is 7.70. The minimum atomic E-state index is -1.50. The molecule has 1 unspecified atom stereocenters. The number of ketones is 2. The van der Waals surface area contributed by atoms with Gasteiger partial charge in [-0.1, -0.05) is 25.5 Å². The van der Waals surface area contributed by atoms with Gasteiger partial charge in [0.05, 0.1) is 6.10 Å². The van der Waals surface area contributed by atoms with Crippen LogP contribution in [0.1, 0.15) is 46.5 Å². The van der Waals surface area contributed by atoms with Crippen molar-refractivity contribution < 1.29 is 24.5 Å². The molecule has 0 radical (unpaired) electrons. The van der Waals surface area contributed by atoms with E-state index in [1.165, 1.54) is 0 Å². The van der Waals surface area contributed by atoms with Gasteiger partial charge in [0.2, 0.25) is 0 Å². The van der Waals surface area contributed by atoms with Gasteiger partial charge in [0, 0.05) is 10.8 Å². The summed E-state index contributed by atoms with van der Waals surface area (Å²) in [6.45, 7) is 5.51. The van der Waals surface area contributed by atoms with Crippen LogP contribution in [0.4, 0.5) is 0 Å². The van der Waals surface area contributed by atoms with Crippen molar-refractivity contribution in [1.82, 2.24) is 0 Å². The summed E-state index contributed by atoms with van der Waals surface area (Å²) >= 11 is 0. The van der Waals surface area contributed by atoms with Crippen LogP contribution in [0.25, 0.3) is 0 Å². The smallest absolute Gasteiger partial charge is 0.190 e. The minimum Gasteiger partial charge on any atom is -0.388 e. The lowest BCUT2D eigenvalue weighted by Crippen LogP contribution is -2.62. The summed E-state index contributed by atoms with van der Waals surface area (Å²) in [4.78, 5) is 24.5. The van der Waals surface area contributed by atoms with Crippen molar-refractivity contribution in [3.63, 3.8) is 0 Å². The number of epoxide rings is 1. The normalized spacial score (nSPS) is 55.1. The molecule has 27 heavy (non-hydrogen) atoms. The van der Waals surface area contributed by atoms with Crippen LogP contribution >= 0.6 is 0 Å². The predicted molar refractivity (Wildman–Crippen MR) is 97.7 cm³/mol. The van der Waals surface area contributed by atoms with Crippen LogP contribution in [0.3, 0.4) is 0 Å². The lowest BCUT2D eigenvalue weighted by molar-refractivity contribution is -0.165. The van der Waals surface area contributed by atoms with Crippen LogP contribution in [0.15, 0.2) is 23.8 Å². The van der Waals surface area contributed by atoms with E-state index in [9.17, 15) is 19.8 Å². The van der Waals surface area contributed by atoms with Crippen LogP contribution in [0.5, 0.6) is 0 Å². The second-order valence-corrected chi connectivity index (χ2v) is 9.86. The number of Topliss-reactive ketones (excluding diaryl/α,β-unsaturated/α-hetero) is 1. The quantitative estimate of drug-likeness (QED) is 0.724. The fourth-order valence-corrected chi connectivity index (χ4v) is 7.70. The number of hydrogen-bond acceptors (Lipinski definition) is 5. The average Bonchev–Trinajstić information content (AvgIpc) is 3.31. The Morgan fingerprint density at radius 2 is 2.07 bits per heavy atom. The zero-order valence-electron chi connectivity index (χ0n) is 16.2. The molecule has 3 saturated carbocycles. The van der Waals surface area contributed by atoms with E-state index in [1.807, 2.05) is 19.9 Å². The minimum absolute atomic E-state index is 0.0291. The molecule has 1 saturated heterocycles. The van der Waals surface area contributed by atoms with E-state index in [0.717, 1.165) is 24.8 Å². The molecule has 1 heterocycles. The highest BCUT2D eigenvalue weighted by Gasteiger charge is 2.81. The second-order valence-electron chi connectivity index (χ2n) is 9.86. The van der Waals surface area contributed by atoms with Crippen LogP contribution in [0.2, 0.25) is 0 Å². The fraction of sp³-hybridized carbons (Fsp3) is 0.727. The van der Waals surface area contributed by atoms with Gasteiger partial charge in [-0.15, -0.1) is 0 Å². The van der Waals surface area contributed by atoms with E-state index in [1.54, 1.807) is 12.2 Å². The van der Waals surface area contributed by atoms with Crippen molar-refractivity contribution in [1.29, 1.82) is 0 Å². The maximum absolute atomic E-state index is 12.6. The Hall–Kier alpha value is -1.30. The van der Waals surface area contributed by atoms with Gasteiger partial charge in [-0.2, -0.15) is 0 Å². The molecule has 0 aromatic rings. The zero-order chi connectivity index (χ0) is 19.4. The molecule has 4 aliphatic carbocycles. The van der Waals surface area contributed by atoms with Gasteiger partial charge < -0.3 is 14.9 Å². The maximum Gasteiger partial charge on any atom is 0.190 e. The van der Waals surface area contributed by atoms with E-state index in [2.05, 4.69) is 6.92 Å². The maximum atomic E-state index is 12.6. The first-order valence-electron chi connectivity index (χ1n) is 10.1. The lowest BCUT2D eigenvalue weighted by Gasteiger charge is -2.55. The summed E-state index contributed by atoms with van der Waals surface area (Å²) in [7, 11) is 0. The molecule has 5 aliphatic rings. The Morgan fingerprint density at radius 3 is 2.78 bits per heavy atom. The standard InChI is InChI=1S/C22H28O5/c1-12-8-16-15-5-4-13-9-14(24)6-7-19(13,2)22(15)18(27-22)10-20(16,3)21(12,26)17(25)11-23/h6-7,9,12,15-16,18,23,26H,4-5,8,10-11H2,1-3H3/t12-,15+,16+,18?,19+,20+,21+,22-/m1/s1. The van der Waals surface area contributed by atoms with Gasteiger partial charge in [-0.3, -0.25) is 9.59 Å². The topological polar surface area (TPSA) is 87.1 Å². The molecule has 5 rings (SSSR count). The number of hydrogen-bond donors (Lipinski definition) is 2. The van der Waals surface area contributed by atoms with Crippen molar-refractivity contribution in [3.05, 3.63) is 23.8 Å². The van der Waals surface area contributed by atoms with Crippen LogP contribution < -0.4 is 0 Å². The van der Waals surface area contributed by atoms with E-state index in [0.29, 0.717) is 6.42 Å². The van der Waals surface area contributed by atoms with E-state index in [-0.39, 0.29) is 40.7 Å².